The number of aromatic carboxylic acids is 1. The van der Waals surface area contributed by atoms with Crippen molar-refractivity contribution in [3.63, 3.8) is 0 Å². The molecule has 1 aliphatic rings. The van der Waals surface area contributed by atoms with Crippen LogP contribution in [-0.4, -0.2) is 40.2 Å². The van der Waals surface area contributed by atoms with E-state index in [0.29, 0.717) is 19.0 Å². The van der Waals surface area contributed by atoms with Crippen LogP contribution in [0.25, 0.3) is 0 Å². The number of phenols is 1. The van der Waals surface area contributed by atoms with Gasteiger partial charge in [-0.3, -0.25) is 0 Å². The molecule has 0 saturated carbocycles. The van der Waals surface area contributed by atoms with Gasteiger partial charge < -0.3 is 20.4 Å². The molecule has 1 aromatic rings. The Kier molecular flexibility index (Phi) is 4.12. The fraction of sp³-hybridized carbons (Fsp3) is 0.429. The summed E-state index contributed by atoms with van der Waals surface area (Å²) in [7, 11) is 0. The smallest absolute Gasteiger partial charge is 0.335 e. The number of piperidine rings is 1. The number of rotatable bonds is 2. The zero-order valence-electron chi connectivity index (χ0n) is 11.3. The molecule has 0 spiro atoms. The van der Waals surface area contributed by atoms with Gasteiger partial charge >= 0.3 is 12.0 Å². The molecule has 20 heavy (non-hydrogen) atoms. The van der Waals surface area contributed by atoms with Crippen LogP contribution in [0.4, 0.5) is 10.5 Å². The molecule has 1 saturated heterocycles. The predicted molar refractivity (Wildman–Crippen MR) is 74.1 cm³/mol. The molecule has 0 unspecified atom stereocenters. The molecule has 1 aliphatic heterocycles. The van der Waals surface area contributed by atoms with Crippen molar-refractivity contribution in [3.8, 4) is 5.75 Å². The summed E-state index contributed by atoms with van der Waals surface area (Å²) in [4.78, 5) is 24.6. The van der Waals surface area contributed by atoms with E-state index in [-0.39, 0.29) is 23.0 Å². The molecule has 2 rings (SSSR count). The van der Waals surface area contributed by atoms with E-state index in [9.17, 15) is 14.7 Å². The molecule has 6 nitrogen and oxygen atoms in total. The number of aromatic hydroxyl groups is 1. The Labute approximate surface area is 117 Å². The lowest BCUT2D eigenvalue weighted by Crippen LogP contribution is -2.40. The van der Waals surface area contributed by atoms with Crippen molar-refractivity contribution in [3.05, 3.63) is 23.8 Å². The predicted octanol–water partition coefficient (Wildman–Crippen LogP) is 2.35. The number of carboxylic acid groups (broad SMARTS) is 1. The van der Waals surface area contributed by atoms with Gasteiger partial charge in [-0.2, -0.15) is 0 Å². The van der Waals surface area contributed by atoms with Crippen molar-refractivity contribution in [1.82, 2.24) is 4.90 Å². The minimum Gasteiger partial charge on any atom is -0.506 e. The Morgan fingerprint density at radius 3 is 2.55 bits per heavy atom. The Balaban J connectivity index is 2.07. The number of phenolic OH excluding ortho intramolecular Hbond substituents is 1. The SMILES string of the molecule is CC1CCN(C(=O)Nc2cc(C(=O)O)ccc2O)CC1. The topological polar surface area (TPSA) is 89.9 Å². The summed E-state index contributed by atoms with van der Waals surface area (Å²) in [5.41, 5.74) is 0.138. The normalized spacial score (nSPS) is 15.9. The first-order chi connectivity index (χ1) is 9.47. The quantitative estimate of drug-likeness (QED) is 0.724. The Morgan fingerprint density at radius 2 is 1.95 bits per heavy atom. The Hall–Kier alpha value is -2.24. The number of nitrogens with zero attached hydrogens (tertiary/aromatic N) is 1. The molecular formula is C14H18N2O4. The van der Waals surface area contributed by atoms with Crippen molar-refractivity contribution < 1.29 is 19.8 Å². The van der Waals surface area contributed by atoms with Crippen LogP contribution < -0.4 is 5.32 Å². The van der Waals surface area contributed by atoms with Crippen LogP contribution in [0.2, 0.25) is 0 Å². The highest BCUT2D eigenvalue weighted by molar-refractivity contribution is 5.94. The molecule has 1 aromatic carbocycles. The number of hydrogen-bond acceptors (Lipinski definition) is 3. The lowest BCUT2D eigenvalue weighted by Gasteiger charge is -2.30. The fourth-order valence-corrected chi connectivity index (χ4v) is 2.18. The third kappa shape index (κ3) is 3.20. The van der Waals surface area contributed by atoms with Gasteiger partial charge in [0, 0.05) is 13.1 Å². The third-order valence-electron chi connectivity index (χ3n) is 3.56. The highest BCUT2D eigenvalue weighted by Gasteiger charge is 2.21. The van der Waals surface area contributed by atoms with Crippen molar-refractivity contribution in [2.75, 3.05) is 18.4 Å². The molecule has 0 atom stereocenters. The van der Waals surface area contributed by atoms with E-state index in [1.807, 2.05) is 0 Å². The summed E-state index contributed by atoms with van der Waals surface area (Å²) >= 11 is 0. The molecule has 0 aromatic heterocycles. The Bertz CT molecular complexity index is 522. The molecule has 0 aliphatic carbocycles. The molecule has 2 amide bonds. The van der Waals surface area contributed by atoms with Gasteiger partial charge in [-0.25, -0.2) is 9.59 Å². The summed E-state index contributed by atoms with van der Waals surface area (Å²) < 4.78 is 0. The summed E-state index contributed by atoms with van der Waals surface area (Å²) in [5, 5.41) is 21.2. The van der Waals surface area contributed by atoms with Crippen LogP contribution in [0, 0.1) is 5.92 Å². The fourth-order valence-electron chi connectivity index (χ4n) is 2.18. The zero-order valence-corrected chi connectivity index (χ0v) is 11.3. The van der Waals surface area contributed by atoms with Crippen molar-refractivity contribution in [2.24, 2.45) is 5.92 Å². The van der Waals surface area contributed by atoms with Gasteiger partial charge in [0.05, 0.1) is 11.3 Å². The largest absolute Gasteiger partial charge is 0.506 e. The van der Waals surface area contributed by atoms with Crippen LogP contribution >= 0.6 is 0 Å². The minimum atomic E-state index is -1.10. The maximum Gasteiger partial charge on any atom is 0.335 e. The average molecular weight is 278 g/mol. The highest BCUT2D eigenvalue weighted by atomic mass is 16.4. The van der Waals surface area contributed by atoms with Crippen LogP contribution in [0.3, 0.4) is 0 Å². The second-order valence-electron chi connectivity index (χ2n) is 5.14. The first-order valence-corrected chi connectivity index (χ1v) is 6.59. The lowest BCUT2D eigenvalue weighted by atomic mass is 10.00. The number of urea groups is 1. The van der Waals surface area contributed by atoms with Gasteiger partial charge in [0.2, 0.25) is 0 Å². The van der Waals surface area contributed by atoms with Crippen molar-refractivity contribution in [1.29, 1.82) is 0 Å². The van der Waals surface area contributed by atoms with Crippen molar-refractivity contribution in [2.45, 2.75) is 19.8 Å². The number of benzene rings is 1. The molecule has 6 heteroatoms. The van der Waals surface area contributed by atoms with Crippen LogP contribution in [0.1, 0.15) is 30.1 Å². The molecule has 0 radical (unpaired) electrons. The third-order valence-corrected chi connectivity index (χ3v) is 3.56. The number of carboxylic acids is 1. The van der Waals surface area contributed by atoms with E-state index in [1.54, 1.807) is 4.90 Å². The van der Waals surface area contributed by atoms with Crippen LogP contribution in [0.15, 0.2) is 18.2 Å². The first kappa shape index (κ1) is 14.2. The van der Waals surface area contributed by atoms with E-state index < -0.39 is 5.97 Å². The van der Waals surface area contributed by atoms with E-state index >= 15 is 0 Å². The van der Waals surface area contributed by atoms with Gasteiger partial charge in [0.15, 0.2) is 0 Å². The Morgan fingerprint density at radius 1 is 1.30 bits per heavy atom. The number of amides is 2. The molecular weight excluding hydrogens is 260 g/mol. The molecule has 0 bridgehead atoms. The minimum absolute atomic E-state index is 0.0189. The number of nitrogens with one attached hydrogen (secondary N) is 1. The summed E-state index contributed by atoms with van der Waals surface area (Å²) in [6.07, 6.45) is 1.91. The number of carbonyl (C=O) groups is 2. The number of carbonyl (C=O) groups excluding carboxylic acids is 1. The molecule has 1 heterocycles. The standard InChI is InChI=1S/C14H18N2O4/c1-9-4-6-16(7-5-9)14(20)15-11-8-10(13(18)19)2-3-12(11)17/h2-3,8-9,17H,4-7H2,1H3,(H,15,20)(H,18,19). The van der Waals surface area contributed by atoms with E-state index in [4.69, 9.17) is 5.11 Å². The van der Waals surface area contributed by atoms with E-state index in [0.717, 1.165) is 12.8 Å². The molecule has 1 fully saturated rings. The lowest BCUT2D eigenvalue weighted by molar-refractivity contribution is 0.0697. The maximum absolute atomic E-state index is 12.1. The monoisotopic (exact) mass is 278 g/mol. The van der Waals surface area contributed by atoms with Crippen LogP contribution in [0.5, 0.6) is 5.75 Å². The van der Waals surface area contributed by atoms with Crippen LogP contribution in [-0.2, 0) is 0 Å². The summed E-state index contributed by atoms with van der Waals surface area (Å²) in [6.45, 7) is 3.50. The van der Waals surface area contributed by atoms with E-state index in [2.05, 4.69) is 12.2 Å². The van der Waals surface area contributed by atoms with E-state index in [1.165, 1.54) is 18.2 Å². The van der Waals surface area contributed by atoms with Gasteiger partial charge in [-0.15, -0.1) is 0 Å². The highest BCUT2D eigenvalue weighted by Crippen LogP contribution is 2.25. The molecule has 3 N–H and O–H groups in total. The molecule has 108 valence electrons. The summed E-state index contributed by atoms with van der Waals surface area (Å²) in [5.74, 6) is -0.635. The average Bonchev–Trinajstić information content (AvgIpc) is 2.41. The van der Waals surface area contributed by atoms with Gasteiger partial charge in [-0.05, 0) is 37.0 Å². The number of hydrogen-bond donors (Lipinski definition) is 3. The van der Waals surface area contributed by atoms with Crippen molar-refractivity contribution >= 4 is 17.7 Å². The van der Waals surface area contributed by atoms with Gasteiger partial charge in [-0.1, -0.05) is 6.92 Å². The maximum atomic E-state index is 12.1. The zero-order chi connectivity index (χ0) is 14.7. The number of anilines is 1. The number of likely N-dealkylation sites (tertiary alicyclic amines) is 1. The van der Waals surface area contributed by atoms with Gasteiger partial charge in [0.1, 0.15) is 5.75 Å². The second kappa shape index (κ2) is 5.81. The summed E-state index contributed by atoms with van der Waals surface area (Å²) in [6, 6.07) is 3.49. The second-order valence-corrected chi connectivity index (χ2v) is 5.14. The first-order valence-electron chi connectivity index (χ1n) is 6.59. The van der Waals surface area contributed by atoms with Gasteiger partial charge in [0.25, 0.3) is 0 Å².